The summed E-state index contributed by atoms with van der Waals surface area (Å²) in [6.07, 6.45) is 4.85. The SMILES string of the molecule is CN(C(=O)c1ccc(C#N)nc1)C1CCC1. The van der Waals surface area contributed by atoms with Gasteiger partial charge in [0, 0.05) is 19.3 Å². The first-order valence-corrected chi connectivity index (χ1v) is 5.35. The third kappa shape index (κ3) is 1.89. The molecule has 0 aliphatic heterocycles. The number of pyridine rings is 1. The maximum absolute atomic E-state index is 12.0. The van der Waals surface area contributed by atoms with Crippen molar-refractivity contribution in [2.24, 2.45) is 0 Å². The number of rotatable bonds is 2. The van der Waals surface area contributed by atoms with Crippen molar-refractivity contribution in [2.45, 2.75) is 25.3 Å². The van der Waals surface area contributed by atoms with Crippen LogP contribution in [0, 0.1) is 11.3 Å². The van der Waals surface area contributed by atoms with E-state index in [2.05, 4.69) is 4.98 Å². The minimum atomic E-state index is -0.0123. The summed E-state index contributed by atoms with van der Waals surface area (Å²) in [4.78, 5) is 17.6. The van der Waals surface area contributed by atoms with Gasteiger partial charge in [-0.2, -0.15) is 5.26 Å². The fourth-order valence-corrected chi connectivity index (χ4v) is 1.73. The summed E-state index contributed by atoms with van der Waals surface area (Å²) in [6.45, 7) is 0. The molecule has 4 nitrogen and oxygen atoms in total. The fraction of sp³-hybridized carbons (Fsp3) is 0.417. The quantitative estimate of drug-likeness (QED) is 0.752. The highest BCUT2D eigenvalue weighted by Crippen LogP contribution is 2.24. The van der Waals surface area contributed by atoms with E-state index in [9.17, 15) is 4.79 Å². The first-order chi connectivity index (χ1) is 7.72. The smallest absolute Gasteiger partial charge is 0.255 e. The Hall–Kier alpha value is -1.89. The molecule has 1 saturated carbocycles. The molecule has 0 atom stereocenters. The predicted octanol–water partition coefficient (Wildman–Crippen LogP) is 1.58. The Balaban J connectivity index is 2.11. The van der Waals surface area contributed by atoms with Crippen molar-refractivity contribution >= 4 is 5.91 Å². The number of nitriles is 1. The summed E-state index contributed by atoms with van der Waals surface area (Å²) < 4.78 is 0. The molecule has 1 fully saturated rings. The molecule has 0 bridgehead atoms. The first kappa shape index (κ1) is 10.6. The van der Waals surface area contributed by atoms with Crippen LogP contribution in [0.5, 0.6) is 0 Å². The molecule has 1 heterocycles. The summed E-state index contributed by atoms with van der Waals surface area (Å²) >= 11 is 0. The molecule has 82 valence electrons. The molecule has 1 aromatic heterocycles. The standard InChI is InChI=1S/C12H13N3O/c1-15(11-3-2-4-11)12(16)9-5-6-10(7-13)14-8-9/h5-6,8,11H,2-4H2,1H3. The average Bonchev–Trinajstić information content (AvgIpc) is 2.26. The van der Waals surface area contributed by atoms with E-state index in [0.29, 0.717) is 17.3 Å². The van der Waals surface area contributed by atoms with Crippen LogP contribution < -0.4 is 0 Å². The fourth-order valence-electron chi connectivity index (χ4n) is 1.73. The Morgan fingerprint density at radius 1 is 1.56 bits per heavy atom. The first-order valence-electron chi connectivity index (χ1n) is 5.35. The van der Waals surface area contributed by atoms with Gasteiger partial charge in [0.2, 0.25) is 0 Å². The van der Waals surface area contributed by atoms with E-state index in [1.807, 2.05) is 13.1 Å². The van der Waals surface area contributed by atoms with Crippen LogP contribution in [0.25, 0.3) is 0 Å². The van der Waals surface area contributed by atoms with Crippen molar-refractivity contribution in [3.05, 3.63) is 29.6 Å². The Morgan fingerprint density at radius 3 is 2.75 bits per heavy atom. The zero-order chi connectivity index (χ0) is 11.5. The van der Waals surface area contributed by atoms with Gasteiger partial charge >= 0.3 is 0 Å². The highest BCUT2D eigenvalue weighted by atomic mass is 16.2. The van der Waals surface area contributed by atoms with Crippen molar-refractivity contribution in [3.63, 3.8) is 0 Å². The van der Waals surface area contributed by atoms with Crippen LogP contribution in [0.4, 0.5) is 0 Å². The number of amides is 1. The molecule has 1 amide bonds. The third-order valence-corrected chi connectivity index (χ3v) is 3.07. The minimum Gasteiger partial charge on any atom is -0.339 e. The zero-order valence-corrected chi connectivity index (χ0v) is 9.18. The van der Waals surface area contributed by atoms with Crippen molar-refractivity contribution < 1.29 is 4.79 Å². The Bertz CT molecular complexity index is 429. The van der Waals surface area contributed by atoms with Gasteiger partial charge in [-0.1, -0.05) is 0 Å². The van der Waals surface area contributed by atoms with Crippen molar-refractivity contribution in [3.8, 4) is 6.07 Å². The molecule has 0 radical (unpaired) electrons. The van der Waals surface area contributed by atoms with Gasteiger partial charge in [0.25, 0.3) is 5.91 Å². The molecule has 0 aromatic carbocycles. The molecule has 1 aromatic rings. The zero-order valence-electron chi connectivity index (χ0n) is 9.18. The largest absolute Gasteiger partial charge is 0.339 e. The number of nitrogens with zero attached hydrogens (tertiary/aromatic N) is 3. The topological polar surface area (TPSA) is 57.0 Å². The molecule has 0 N–H and O–H groups in total. The second-order valence-electron chi connectivity index (χ2n) is 4.04. The van der Waals surface area contributed by atoms with Gasteiger partial charge in [-0.3, -0.25) is 4.79 Å². The molecule has 1 aliphatic rings. The van der Waals surface area contributed by atoms with Gasteiger partial charge in [-0.05, 0) is 31.4 Å². The van der Waals surface area contributed by atoms with Crippen LogP contribution in [0.15, 0.2) is 18.3 Å². The third-order valence-electron chi connectivity index (χ3n) is 3.07. The minimum absolute atomic E-state index is 0.0123. The average molecular weight is 215 g/mol. The Labute approximate surface area is 94.5 Å². The number of hydrogen-bond acceptors (Lipinski definition) is 3. The number of hydrogen-bond donors (Lipinski definition) is 0. The molecular formula is C12H13N3O. The second-order valence-corrected chi connectivity index (χ2v) is 4.04. The van der Waals surface area contributed by atoms with E-state index in [-0.39, 0.29) is 5.91 Å². The monoisotopic (exact) mass is 215 g/mol. The van der Waals surface area contributed by atoms with Crippen molar-refractivity contribution in [2.75, 3.05) is 7.05 Å². The maximum Gasteiger partial charge on any atom is 0.255 e. The summed E-state index contributed by atoms with van der Waals surface area (Å²) in [7, 11) is 1.82. The van der Waals surface area contributed by atoms with E-state index < -0.39 is 0 Å². The lowest BCUT2D eigenvalue weighted by Gasteiger charge is -2.34. The summed E-state index contributed by atoms with van der Waals surface area (Å²) in [5.41, 5.74) is 0.885. The van der Waals surface area contributed by atoms with Gasteiger partial charge in [-0.25, -0.2) is 4.98 Å². The number of carbonyl (C=O) groups is 1. The Kier molecular flexibility index (Phi) is 2.86. The normalized spacial score (nSPS) is 15.0. The lowest BCUT2D eigenvalue weighted by Crippen LogP contribution is -2.41. The lowest BCUT2D eigenvalue weighted by atomic mass is 9.91. The molecule has 2 rings (SSSR count). The van der Waals surface area contributed by atoms with Crippen LogP contribution in [0.3, 0.4) is 0 Å². The van der Waals surface area contributed by atoms with Crippen molar-refractivity contribution in [1.82, 2.24) is 9.88 Å². The summed E-state index contributed by atoms with van der Waals surface area (Å²) in [6, 6.07) is 5.54. The van der Waals surface area contributed by atoms with Crippen LogP contribution >= 0.6 is 0 Å². The van der Waals surface area contributed by atoms with Crippen LogP contribution in [-0.4, -0.2) is 28.9 Å². The molecular weight excluding hydrogens is 202 g/mol. The van der Waals surface area contributed by atoms with Gasteiger partial charge in [0.05, 0.1) is 5.56 Å². The highest BCUT2D eigenvalue weighted by Gasteiger charge is 2.26. The van der Waals surface area contributed by atoms with E-state index in [0.717, 1.165) is 12.8 Å². The van der Waals surface area contributed by atoms with Gasteiger partial charge in [0.15, 0.2) is 0 Å². The van der Waals surface area contributed by atoms with Gasteiger partial charge < -0.3 is 4.90 Å². The lowest BCUT2D eigenvalue weighted by molar-refractivity contribution is 0.0651. The predicted molar refractivity (Wildman–Crippen MR) is 58.7 cm³/mol. The molecule has 1 aliphatic carbocycles. The van der Waals surface area contributed by atoms with Crippen LogP contribution in [-0.2, 0) is 0 Å². The maximum atomic E-state index is 12.0. The summed E-state index contributed by atoms with van der Waals surface area (Å²) in [5.74, 6) is -0.0123. The molecule has 0 unspecified atom stereocenters. The molecule has 0 saturated heterocycles. The van der Waals surface area contributed by atoms with E-state index >= 15 is 0 Å². The van der Waals surface area contributed by atoms with E-state index in [1.165, 1.54) is 12.6 Å². The van der Waals surface area contributed by atoms with E-state index in [1.54, 1.807) is 17.0 Å². The molecule has 0 spiro atoms. The number of carbonyl (C=O) groups excluding carboxylic acids is 1. The van der Waals surface area contributed by atoms with Gasteiger partial charge in [0.1, 0.15) is 11.8 Å². The van der Waals surface area contributed by atoms with E-state index in [4.69, 9.17) is 5.26 Å². The van der Waals surface area contributed by atoms with Gasteiger partial charge in [-0.15, -0.1) is 0 Å². The molecule has 16 heavy (non-hydrogen) atoms. The number of aromatic nitrogens is 1. The van der Waals surface area contributed by atoms with Crippen LogP contribution in [0.1, 0.15) is 35.3 Å². The molecule has 4 heteroatoms. The Morgan fingerprint density at radius 2 is 2.31 bits per heavy atom. The second kappa shape index (κ2) is 4.31. The van der Waals surface area contributed by atoms with Crippen LogP contribution in [0.2, 0.25) is 0 Å². The highest BCUT2D eigenvalue weighted by molar-refractivity contribution is 5.94. The van der Waals surface area contributed by atoms with Crippen molar-refractivity contribution in [1.29, 1.82) is 5.26 Å². The summed E-state index contributed by atoms with van der Waals surface area (Å²) in [5, 5.41) is 8.60.